The van der Waals surface area contributed by atoms with Crippen molar-refractivity contribution < 1.29 is 14.7 Å². The number of aromatic amines is 1. The molecule has 0 aromatic carbocycles. The average Bonchev–Trinajstić information content (AvgIpc) is 3.29. The van der Waals surface area contributed by atoms with Crippen LogP contribution in [0.15, 0.2) is 0 Å². The number of nitrogens with zero attached hydrogens (tertiary/aromatic N) is 2. The standard InChI is InChI=1S/C18H25N3O3/c22-16(15-13-4-1-2-5-14(13)19-20-15)21-9-3-8-18(11-21,17(23)24)10-12-6-7-12/h12H,1-11H2,(H,19,20)(H,23,24). The largest absolute Gasteiger partial charge is 0.481 e. The van der Waals surface area contributed by atoms with Crippen molar-refractivity contribution in [1.29, 1.82) is 0 Å². The molecule has 1 unspecified atom stereocenters. The van der Waals surface area contributed by atoms with Crippen LogP contribution in [-0.4, -0.2) is 45.2 Å². The molecule has 0 spiro atoms. The van der Waals surface area contributed by atoms with Crippen LogP contribution >= 0.6 is 0 Å². The van der Waals surface area contributed by atoms with E-state index in [1.54, 1.807) is 4.90 Å². The SMILES string of the molecule is O=C(c1n[nH]c2c1CCCC2)N1CCCC(CC2CC2)(C(=O)O)C1. The Morgan fingerprint density at radius 3 is 2.79 bits per heavy atom. The summed E-state index contributed by atoms with van der Waals surface area (Å²) >= 11 is 0. The number of carboxylic acids is 1. The Morgan fingerprint density at radius 1 is 1.25 bits per heavy atom. The molecule has 1 atom stereocenters. The van der Waals surface area contributed by atoms with Gasteiger partial charge in [0.2, 0.25) is 0 Å². The van der Waals surface area contributed by atoms with Crippen molar-refractivity contribution in [3.63, 3.8) is 0 Å². The van der Waals surface area contributed by atoms with E-state index in [-0.39, 0.29) is 5.91 Å². The van der Waals surface area contributed by atoms with Gasteiger partial charge in [-0.05, 0) is 50.9 Å². The highest BCUT2D eigenvalue weighted by Gasteiger charge is 2.47. The number of piperidine rings is 1. The molecule has 24 heavy (non-hydrogen) atoms. The molecule has 1 aromatic heterocycles. The number of carbonyl (C=O) groups excluding carboxylic acids is 1. The summed E-state index contributed by atoms with van der Waals surface area (Å²) in [4.78, 5) is 26.7. The van der Waals surface area contributed by atoms with Crippen molar-refractivity contribution >= 4 is 11.9 Å². The highest BCUT2D eigenvalue weighted by atomic mass is 16.4. The van der Waals surface area contributed by atoms with Gasteiger partial charge in [0.15, 0.2) is 5.69 Å². The fourth-order valence-corrected chi connectivity index (χ4v) is 4.42. The Hall–Kier alpha value is -1.85. The normalized spacial score (nSPS) is 26.9. The summed E-state index contributed by atoms with van der Waals surface area (Å²) in [6.07, 6.45) is 8.50. The zero-order valence-corrected chi connectivity index (χ0v) is 14.0. The third-order valence-electron chi connectivity index (χ3n) is 5.95. The number of amides is 1. The van der Waals surface area contributed by atoms with Crippen molar-refractivity contribution in [1.82, 2.24) is 15.1 Å². The molecule has 1 amide bonds. The zero-order valence-electron chi connectivity index (χ0n) is 14.0. The molecule has 3 aliphatic rings. The first-order valence-electron chi connectivity index (χ1n) is 9.18. The van der Waals surface area contributed by atoms with E-state index in [0.29, 0.717) is 37.5 Å². The number of hydrogen-bond acceptors (Lipinski definition) is 3. The van der Waals surface area contributed by atoms with Crippen molar-refractivity contribution in [2.45, 2.75) is 57.8 Å². The quantitative estimate of drug-likeness (QED) is 0.887. The Labute approximate surface area is 141 Å². The minimum atomic E-state index is -0.758. The lowest BCUT2D eigenvalue weighted by atomic mass is 9.75. The molecule has 2 aliphatic carbocycles. The van der Waals surface area contributed by atoms with E-state index in [2.05, 4.69) is 10.2 Å². The molecule has 1 saturated heterocycles. The van der Waals surface area contributed by atoms with Gasteiger partial charge >= 0.3 is 5.97 Å². The van der Waals surface area contributed by atoms with Crippen molar-refractivity contribution in [2.75, 3.05) is 13.1 Å². The first kappa shape index (κ1) is 15.7. The number of hydrogen-bond donors (Lipinski definition) is 2. The zero-order chi connectivity index (χ0) is 16.7. The molecule has 1 aliphatic heterocycles. The molecule has 6 heteroatoms. The maximum absolute atomic E-state index is 13.0. The van der Waals surface area contributed by atoms with Gasteiger partial charge in [0.05, 0.1) is 5.41 Å². The Morgan fingerprint density at radius 2 is 2.04 bits per heavy atom. The Bertz CT molecular complexity index is 664. The lowest BCUT2D eigenvalue weighted by Crippen LogP contribution is -2.50. The van der Waals surface area contributed by atoms with Gasteiger partial charge in [0.1, 0.15) is 0 Å². The number of aryl methyl sites for hydroxylation is 1. The van der Waals surface area contributed by atoms with Crippen LogP contribution < -0.4 is 0 Å². The summed E-state index contributed by atoms with van der Waals surface area (Å²) in [7, 11) is 0. The van der Waals surface area contributed by atoms with Crippen molar-refractivity contribution in [3.8, 4) is 0 Å². The van der Waals surface area contributed by atoms with E-state index in [1.807, 2.05) is 0 Å². The Kier molecular flexibility index (Phi) is 3.85. The van der Waals surface area contributed by atoms with Crippen LogP contribution in [0.3, 0.4) is 0 Å². The minimum Gasteiger partial charge on any atom is -0.481 e. The van der Waals surface area contributed by atoms with E-state index in [1.165, 1.54) is 0 Å². The summed E-state index contributed by atoms with van der Waals surface area (Å²) in [6.45, 7) is 0.972. The lowest BCUT2D eigenvalue weighted by Gasteiger charge is -2.40. The smallest absolute Gasteiger partial charge is 0.311 e. The fourth-order valence-electron chi connectivity index (χ4n) is 4.42. The number of nitrogens with one attached hydrogen (secondary N) is 1. The summed E-state index contributed by atoms with van der Waals surface area (Å²) in [6, 6.07) is 0. The van der Waals surface area contributed by atoms with E-state index in [4.69, 9.17) is 0 Å². The monoisotopic (exact) mass is 331 g/mol. The van der Waals surface area contributed by atoms with E-state index in [9.17, 15) is 14.7 Å². The minimum absolute atomic E-state index is 0.0875. The number of aromatic nitrogens is 2. The molecule has 2 N–H and O–H groups in total. The molecule has 6 nitrogen and oxygen atoms in total. The number of rotatable bonds is 4. The van der Waals surface area contributed by atoms with Crippen LogP contribution in [0.2, 0.25) is 0 Å². The maximum Gasteiger partial charge on any atom is 0.311 e. The van der Waals surface area contributed by atoms with Gasteiger partial charge in [-0.15, -0.1) is 0 Å². The molecule has 1 aromatic rings. The van der Waals surface area contributed by atoms with Crippen molar-refractivity contribution in [2.24, 2.45) is 11.3 Å². The second-order valence-corrected chi connectivity index (χ2v) is 7.80. The highest BCUT2D eigenvalue weighted by Crippen LogP contribution is 2.45. The predicted molar refractivity (Wildman–Crippen MR) is 87.8 cm³/mol. The molecule has 0 bridgehead atoms. The average molecular weight is 331 g/mol. The Balaban J connectivity index is 1.55. The molecule has 1 saturated carbocycles. The van der Waals surface area contributed by atoms with Gasteiger partial charge in [-0.3, -0.25) is 14.7 Å². The van der Waals surface area contributed by atoms with E-state index < -0.39 is 11.4 Å². The first-order valence-corrected chi connectivity index (χ1v) is 9.18. The van der Waals surface area contributed by atoms with Gasteiger partial charge in [0.25, 0.3) is 5.91 Å². The van der Waals surface area contributed by atoms with E-state index >= 15 is 0 Å². The van der Waals surface area contributed by atoms with Gasteiger partial charge in [0, 0.05) is 24.3 Å². The number of H-pyrrole nitrogens is 1. The van der Waals surface area contributed by atoms with Crippen LogP contribution in [-0.2, 0) is 17.6 Å². The number of carboxylic acid groups (broad SMARTS) is 1. The molecule has 0 radical (unpaired) electrons. The first-order chi connectivity index (χ1) is 11.6. The van der Waals surface area contributed by atoms with Gasteiger partial charge in [-0.25, -0.2) is 0 Å². The topological polar surface area (TPSA) is 86.3 Å². The molecular formula is C18H25N3O3. The van der Waals surface area contributed by atoms with Crippen LogP contribution in [0, 0.1) is 11.3 Å². The molecule has 4 rings (SSSR count). The third kappa shape index (κ3) is 2.72. The molecule has 130 valence electrons. The molecule has 2 heterocycles. The van der Waals surface area contributed by atoms with Crippen LogP contribution in [0.4, 0.5) is 0 Å². The van der Waals surface area contributed by atoms with Gasteiger partial charge in [-0.2, -0.15) is 5.10 Å². The lowest BCUT2D eigenvalue weighted by molar-refractivity contribution is -0.152. The third-order valence-corrected chi connectivity index (χ3v) is 5.95. The van der Waals surface area contributed by atoms with Crippen LogP contribution in [0.1, 0.15) is 66.7 Å². The number of fused-ring (bicyclic) bond motifs is 1. The highest BCUT2D eigenvalue weighted by molar-refractivity contribution is 5.94. The van der Waals surface area contributed by atoms with Crippen LogP contribution in [0.5, 0.6) is 0 Å². The summed E-state index contributed by atoms with van der Waals surface area (Å²) < 4.78 is 0. The summed E-state index contributed by atoms with van der Waals surface area (Å²) in [5.74, 6) is -0.291. The summed E-state index contributed by atoms with van der Waals surface area (Å²) in [5.41, 5.74) is 1.91. The number of carbonyl (C=O) groups is 2. The maximum atomic E-state index is 13.0. The predicted octanol–water partition coefficient (Wildman–Crippen LogP) is 2.40. The van der Waals surface area contributed by atoms with Gasteiger partial charge in [-0.1, -0.05) is 12.8 Å². The van der Waals surface area contributed by atoms with E-state index in [0.717, 1.165) is 56.2 Å². The molecular weight excluding hydrogens is 306 g/mol. The molecule has 2 fully saturated rings. The second kappa shape index (κ2) is 5.90. The van der Waals surface area contributed by atoms with Crippen molar-refractivity contribution in [3.05, 3.63) is 17.0 Å². The van der Waals surface area contributed by atoms with Crippen LogP contribution in [0.25, 0.3) is 0 Å². The fraction of sp³-hybridized carbons (Fsp3) is 0.722. The summed E-state index contributed by atoms with van der Waals surface area (Å²) in [5, 5.41) is 17.1. The number of aliphatic carboxylic acids is 1. The second-order valence-electron chi connectivity index (χ2n) is 7.80. The van der Waals surface area contributed by atoms with Gasteiger partial charge < -0.3 is 10.0 Å². The number of likely N-dealkylation sites (tertiary alicyclic amines) is 1.